The van der Waals surface area contributed by atoms with Gasteiger partial charge in [0, 0.05) is 18.7 Å². The second-order valence-electron chi connectivity index (χ2n) is 7.31. The average molecular weight is 355 g/mol. The van der Waals surface area contributed by atoms with Crippen LogP contribution in [0.5, 0.6) is 0 Å². The Hall–Kier alpha value is -2.70. The fraction of sp³-hybridized carbons (Fsp3) is 0.474. The Labute approximate surface area is 151 Å². The first-order chi connectivity index (χ1) is 12.5. The Morgan fingerprint density at radius 2 is 2.12 bits per heavy atom. The number of hydrogen-bond donors (Lipinski definition) is 1. The zero-order valence-electron chi connectivity index (χ0n) is 14.6. The zero-order valence-corrected chi connectivity index (χ0v) is 14.6. The van der Waals surface area contributed by atoms with Gasteiger partial charge in [-0.2, -0.15) is 4.98 Å². The second-order valence-corrected chi connectivity index (χ2v) is 7.31. The summed E-state index contributed by atoms with van der Waals surface area (Å²) in [6, 6.07) is 9.63. The lowest BCUT2D eigenvalue weighted by Crippen LogP contribution is -2.39. The first kappa shape index (κ1) is 16.8. The van der Waals surface area contributed by atoms with E-state index in [-0.39, 0.29) is 17.2 Å². The molecule has 1 aromatic carbocycles. The van der Waals surface area contributed by atoms with Crippen LogP contribution in [-0.4, -0.2) is 45.1 Å². The van der Waals surface area contributed by atoms with Crippen LogP contribution in [0.1, 0.15) is 32.1 Å². The third-order valence-corrected chi connectivity index (χ3v) is 5.81. The molecule has 1 saturated heterocycles. The summed E-state index contributed by atoms with van der Waals surface area (Å²) in [4.78, 5) is 30.0. The molecule has 2 heterocycles. The van der Waals surface area contributed by atoms with Gasteiger partial charge in [-0.3, -0.25) is 9.59 Å². The molecular weight excluding hydrogens is 334 g/mol. The molecule has 1 aliphatic heterocycles. The molecule has 26 heavy (non-hydrogen) atoms. The quantitative estimate of drug-likeness (QED) is 0.846. The molecule has 1 aromatic heterocycles. The molecule has 136 valence electrons. The maximum Gasteiger partial charge on any atom is 0.315 e. The van der Waals surface area contributed by atoms with Gasteiger partial charge in [0.2, 0.25) is 17.6 Å². The minimum atomic E-state index is -1.09. The molecule has 3 atom stereocenters. The molecule has 1 unspecified atom stereocenters. The van der Waals surface area contributed by atoms with E-state index in [0.717, 1.165) is 24.8 Å². The summed E-state index contributed by atoms with van der Waals surface area (Å²) in [5, 5.41) is 13.3. The monoisotopic (exact) mass is 355 g/mol. The van der Waals surface area contributed by atoms with Crippen molar-refractivity contribution in [3.05, 3.63) is 36.2 Å². The molecule has 7 nitrogen and oxygen atoms in total. The third kappa shape index (κ3) is 2.58. The number of benzene rings is 1. The fourth-order valence-electron chi connectivity index (χ4n) is 4.32. The van der Waals surface area contributed by atoms with Crippen molar-refractivity contribution in [2.24, 2.45) is 11.8 Å². The molecule has 1 saturated carbocycles. The third-order valence-electron chi connectivity index (χ3n) is 5.81. The van der Waals surface area contributed by atoms with E-state index in [1.54, 1.807) is 4.90 Å². The summed E-state index contributed by atoms with van der Waals surface area (Å²) in [6.45, 7) is 2.44. The first-order valence-corrected chi connectivity index (χ1v) is 8.92. The number of rotatable bonds is 4. The molecule has 2 aromatic rings. The number of fused-ring (bicyclic) bond motifs is 1. The molecule has 0 bridgehead atoms. The lowest BCUT2D eigenvalue weighted by Gasteiger charge is -2.24. The Bertz CT molecular complexity index is 834. The molecular formula is C19H21N3O4. The summed E-state index contributed by atoms with van der Waals surface area (Å²) < 4.78 is 5.63. The van der Waals surface area contributed by atoms with Crippen molar-refractivity contribution in [2.75, 3.05) is 13.1 Å². The SMILES string of the molecule is CC(C(=O)O)C(=O)N1C[C@H]2CCC[C@@]2(c2nc(-c3ccccc3)no2)C1. The highest BCUT2D eigenvalue weighted by atomic mass is 16.5. The molecule has 1 aliphatic carbocycles. The number of carboxylic acids is 1. The van der Waals surface area contributed by atoms with Crippen LogP contribution < -0.4 is 0 Å². The Balaban J connectivity index is 1.62. The summed E-state index contributed by atoms with van der Waals surface area (Å²) in [5.41, 5.74) is 0.535. The van der Waals surface area contributed by atoms with E-state index in [9.17, 15) is 9.59 Å². The van der Waals surface area contributed by atoms with Gasteiger partial charge >= 0.3 is 5.97 Å². The molecule has 1 N–H and O–H groups in total. The van der Waals surface area contributed by atoms with Crippen LogP contribution in [-0.2, 0) is 15.0 Å². The van der Waals surface area contributed by atoms with Crippen LogP contribution in [0.4, 0.5) is 0 Å². The summed E-state index contributed by atoms with van der Waals surface area (Å²) in [7, 11) is 0. The maximum atomic E-state index is 12.5. The second kappa shape index (κ2) is 6.23. The predicted molar refractivity (Wildman–Crippen MR) is 92.1 cm³/mol. The number of aromatic nitrogens is 2. The van der Waals surface area contributed by atoms with E-state index >= 15 is 0 Å². The van der Waals surface area contributed by atoms with Crippen LogP contribution in [0.2, 0.25) is 0 Å². The number of carbonyl (C=O) groups excluding carboxylic acids is 1. The van der Waals surface area contributed by atoms with E-state index in [1.165, 1.54) is 6.92 Å². The molecule has 0 radical (unpaired) electrons. The highest BCUT2D eigenvalue weighted by Crippen LogP contribution is 2.50. The standard InChI is InChI=1S/C19H21N3O4/c1-12(17(24)25)16(23)22-10-14-8-5-9-19(14,11-22)18-20-15(21-26-18)13-6-3-2-4-7-13/h2-4,6-7,12,14H,5,8-11H2,1H3,(H,24,25)/t12?,14-,19-/m1/s1. The number of hydrogen-bond acceptors (Lipinski definition) is 5. The number of carbonyl (C=O) groups is 2. The Morgan fingerprint density at radius 1 is 1.35 bits per heavy atom. The molecule has 2 aliphatic rings. The van der Waals surface area contributed by atoms with Gasteiger partial charge in [0.05, 0.1) is 5.41 Å². The number of amides is 1. The number of carboxylic acid groups (broad SMARTS) is 1. The van der Waals surface area contributed by atoms with E-state index in [2.05, 4.69) is 10.1 Å². The van der Waals surface area contributed by atoms with Crippen LogP contribution in [0, 0.1) is 11.8 Å². The minimum Gasteiger partial charge on any atom is -0.481 e. The Morgan fingerprint density at radius 3 is 2.85 bits per heavy atom. The van der Waals surface area contributed by atoms with Crippen LogP contribution >= 0.6 is 0 Å². The van der Waals surface area contributed by atoms with Gasteiger partial charge in [0.15, 0.2) is 0 Å². The fourth-order valence-corrected chi connectivity index (χ4v) is 4.32. The molecule has 4 rings (SSSR count). The zero-order chi connectivity index (χ0) is 18.3. The maximum absolute atomic E-state index is 12.5. The predicted octanol–water partition coefficient (Wildman–Crippen LogP) is 2.34. The topological polar surface area (TPSA) is 96.5 Å². The van der Waals surface area contributed by atoms with Gasteiger partial charge in [-0.25, -0.2) is 0 Å². The molecule has 2 fully saturated rings. The van der Waals surface area contributed by atoms with E-state index in [4.69, 9.17) is 9.63 Å². The highest BCUT2D eigenvalue weighted by molar-refractivity contribution is 5.96. The average Bonchev–Trinajstić information content (AvgIpc) is 3.34. The van der Waals surface area contributed by atoms with Crippen LogP contribution in [0.15, 0.2) is 34.9 Å². The number of aliphatic carboxylic acids is 1. The number of nitrogens with zero attached hydrogens (tertiary/aromatic N) is 3. The van der Waals surface area contributed by atoms with Gasteiger partial charge < -0.3 is 14.5 Å². The van der Waals surface area contributed by atoms with Gasteiger partial charge in [-0.05, 0) is 25.7 Å². The number of likely N-dealkylation sites (tertiary alicyclic amines) is 1. The van der Waals surface area contributed by atoms with Crippen molar-refractivity contribution in [1.82, 2.24) is 15.0 Å². The van der Waals surface area contributed by atoms with Crippen LogP contribution in [0.3, 0.4) is 0 Å². The largest absolute Gasteiger partial charge is 0.481 e. The van der Waals surface area contributed by atoms with E-state index in [0.29, 0.717) is 24.8 Å². The Kier molecular flexibility index (Phi) is 4.01. The lowest BCUT2D eigenvalue weighted by molar-refractivity contribution is -0.150. The van der Waals surface area contributed by atoms with E-state index in [1.807, 2.05) is 30.3 Å². The summed E-state index contributed by atoms with van der Waals surface area (Å²) in [5.74, 6) is -1.12. The van der Waals surface area contributed by atoms with Crippen molar-refractivity contribution >= 4 is 11.9 Å². The van der Waals surface area contributed by atoms with Gasteiger partial charge in [-0.1, -0.05) is 41.9 Å². The van der Waals surface area contributed by atoms with Crippen LogP contribution in [0.25, 0.3) is 11.4 Å². The van der Waals surface area contributed by atoms with Crippen molar-refractivity contribution in [1.29, 1.82) is 0 Å². The van der Waals surface area contributed by atoms with Crippen molar-refractivity contribution < 1.29 is 19.2 Å². The molecule has 0 spiro atoms. The summed E-state index contributed by atoms with van der Waals surface area (Å²) >= 11 is 0. The normalized spacial score (nSPS) is 25.9. The molecule has 7 heteroatoms. The van der Waals surface area contributed by atoms with Gasteiger partial charge in [0.1, 0.15) is 5.92 Å². The smallest absolute Gasteiger partial charge is 0.315 e. The first-order valence-electron chi connectivity index (χ1n) is 8.92. The highest BCUT2D eigenvalue weighted by Gasteiger charge is 2.55. The van der Waals surface area contributed by atoms with Gasteiger partial charge in [0.25, 0.3) is 0 Å². The summed E-state index contributed by atoms with van der Waals surface area (Å²) in [6.07, 6.45) is 2.90. The van der Waals surface area contributed by atoms with Crippen molar-refractivity contribution in [3.8, 4) is 11.4 Å². The lowest BCUT2D eigenvalue weighted by atomic mass is 9.80. The minimum absolute atomic E-state index is 0.233. The van der Waals surface area contributed by atoms with Crippen molar-refractivity contribution in [2.45, 2.75) is 31.6 Å². The van der Waals surface area contributed by atoms with Gasteiger partial charge in [-0.15, -0.1) is 0 Å². The van der Waals surface area contributed by atoms with E-state index < -0.39 is 11.9 Å². The molecule has 1 amide bonds. The van der Waals surface area contributed by atoms with Crippen molar-refractivity contribution in [3.63, 3.8) is 0 Å².